The van der Waals surface area contributed by atoms with Crippen molar-refractivity contribution in [1.82, 2.24) is 0 Å². The van der Waals surface area contributed by atoms with Crippen LogP contribution in [0.3, 0.4) is 0 Å². The Kier molecular flexibility index (Phi) is 5.23. The zero-order valence-corrected chi connectivity index (χ0v) is 15.8. The van der Waals surface area contributed by atoms with Crippen LogP contribution >= 0.6 is 34.8 Å². The fourth-order valence-corrected chi connectivity index (χ4v) is 3.54. The number of rotatable bonds is 3. The first-order valence-electron chi connectivity index (χ1n) is 7.59. The topological polar surface area (TPSA) is 41.9 Å². The van der Waals surface area contributed by atoms with Gasteiger partial charge in [-0.15, -0.1) is 0 Å². The van der Waals surface area contributed by atoms with E-state index < -0.39 is 5.97 Å². The summed E-state index contributed by atoms with van der Waals surface area (Å²) in [5.41, 5.74) is 1.97. The summed E-state index contributed by atoms with van der Waals surface area (Å²) < 4.78 is 4.87. The highest BCUT2D eigenvalue weighted by atomic mass is 35.5. The minimum Gasteiger partial charge on any atom is -0.464 e. The number of carbonyl (C=O) groups is 1. The summed E-state index contributed by atoms with van der Waals surface area (Å²) in [7, 11) is 1.34. The van der Waals surface area contributed by atoms with Crippen molar-refractivity contribution in [2.24, 2.45) is 11.0 Å². The quantitative estimate of drug-likeness (QED) is 0.654. The Labute approximate surface area is 160 Å². The first-order valence-corrected chi connectivity index (χ1v) is 8.72. The molecule has 2 aromatic rings. The highest BCUT2D eigenvalue weighted by Crippen LogP contribution is 2.42. The molecule has 0 radical (unpaired) electrons. The zero-order chi connectivity index (χ0) is 18.1. The molecule has 0 saturated heterocycles. The SMILES string of the molecule is COC(=O)C1=NN(c2ccc(Cl)cc2Cl)C(c2ccc(Cl)cc2)C1C. The van der Waals surface area contributed by atoms with Crippen LogP contribution in [0.5, 0.6) is 0 Å². The molecule has 0 amide bonds. The third-order valence-corrected chi connectivity index (χ3v) is 4.94. The van der Waals surface area contributed by atoms with E-state index in [-0.39, 0.29) is 12.0 Å². The van der Waals surface area contributed by atoms with Gasteiger partial charge in [-0.25, -0.2) is 4.79 Å². The first-order chi connectivity index (χ1) is 11.9. The zero-order valence-electron chi connectivity index (χ0n) is 13.5. The Balaban J connectivity index is 2.10. The average molecular weight is 398 g/mol. The minimum atomic E-state index is -0.459. The first kappa shape index (κ1) is 18.1. The molecule has 4 nitrogen and oxygen atoms in total. The molecule has 25 heavy (non-hydrogen) atoms. The maximum absolute atomic E-state index is 12.1. The van der Waals surface area contributed by atoms with Crippen molar-refractivity contribution >= 4 is 52.2 Å². The number of anilines is 1. The van der Waals surface area contributed by atoms with E-state index in [1.54, 1.807) is 35.3 Å². The van der Waals surface area contributed by atoms with Crippen LogP contribution < -0.4 is 5.01 Å². The van der Waals surface area contributed by atoms with Crippen LogP contribution in [0.4, 0.5) is 5.69 Å². The van der Waals surface area contributed by atoms with E-state index in [4.69, 9.17) is 39.5 Å². The Hall–Kier alpha value is -1.75. The average Bonchev–Trinajstić information content (AvgIpc) is 2.92. The Bertz CT molecular complexity index is 837. The molecule has 0 saturated carbocycles. The maximum Gasteiger partial charge on any atom is 0.354 e. The molecule has 2 unspecified atom stereocenters. The molecule has 1 heterocycles. The summed E-state index contributed by atoms with van der Waals surface area (Å²) in [5.74, 6) is -0.653. The lowest BCUT2D eigenvalue weighted by Crippen LogP contribution is -2.26. The summed E-state index contributed by atoms with van der Waals surface area (Å²) in [5, 5.41) is 7.85. The number of halogens is 3. The van der Waals surface area contributed by atoms with E-state index >= 15 is 0 Å². The standard InChI is InChI=1S/C18H15Cl3N2O2/c1-10-16(18(24)25-2)22-23(15-8-7-13(20)9-14(15)21)17(10)11-3-5-12(19)6-4-11/h3-10,17H,1-2H3. The predicted molar refractivity (Wildman–Crippen MR) is 102 cm³/mol. The molecule has 0 aliphatic carbocycles. The second-order valence-electron chi connectivity index (χ2n) is 5.70. The van der Waals surface area contributed by atoms with Gasteiger partial charge in [-0.05, 0) is 35.9 Å². The molecule has 0 N–H and O–H groups in total. The summed E-state index contributed by atoms with van der Waals surface area (Å²) in [6, 6.07) is 12.4. The number of esters is 1. The summed E-state index contributed by atoms with van der Waals surface area (Å²) in [6.45, 7) is 1.93. The number of nitrogens with zero attached hydrogens (tertiary/aromatic N) is 2. The molecule has 0 aromatic heterocycles. The molecule has 130 valence electrons. The van der Waals surface area contributed by atoms with Crippen LogP contribution in [0.1, 0.15) is 18.5 Å². The molecule has 2 aromatic carbocycles. The number of hydrogen-bond donors (Lipinski definition) is 0. The van der Waals surface area contributed by atoms with Crippen LogP contribution in [-0.2, 0) is 9.53 Å². The highest BCUT2D eigenvalue weighted by molar-refractivity contribution is 6.39. The highest BCUT2D eigenvalue weighted by Gasteiger charge is 2.40. The summed E-state index contributed by atoms with van der Waals surface area (Å²) >= 11 is 18.4. The molecule has 1 aliphatic rings. The third-order valence-electron chi connectivity index (χ3n) is 4.15. The number of benzene rings is 2. The van der Waals surface area contributed by atoms with Gasteiger partial charge in [-0.2, -0.15) is 5.10 Å². The van der Waals surface area contributed by atoms with Gasteiger partial charge in [-0.3, -0.25) is 5.01 Å². The van der Waals surface area contributed by atoms with Gasteiger partial charge in [-0.1, -0.05) is 53.9 Å². The molecule has 0 bridgehead atoms. The van der Waals surface area contributed by atoms with E-state index in [0.29, 0.717) is 26.5 Å². The van der Waals surface area contributed by atoms with Crippen LogP contribution in [0.2, 0.25) is 15.1 Å². The molecule has 0 fully saturated rings. The predicted octanol–water partition coefficient (Wildman–Crippen LogP) is 5.37. The molecule has 3 rings (SSSR count). The van der Waals surface area contributed by atoms with Gasteiger partial charge in [0.1, 0.15) is 0 Å². The van der Waals surface area contributed by atoms with Crippen molar-refractivity contribution in [1.29, 1.82) is 0 Å². The maximum atomic E-state index is 12.1. The summed E-state index contributed by atoms with van der Waals surface area (Å²) in [4.78, 5) is 12.1. The number of methoxy groups -OCH3 is 1. The Morgan fingerprint density at radius 2 is 1.72 bits per heavy atom. The molecule has 1 aliphatic heterocycles. The van der Waals surface area contributed by atoms with Crippen LogP contribution in [-0.4, -0.2) is 18.8 Å². The molecule has 0 spiro atoms. The lowest BCUT2D eigenvalue weighted by atomic mass is 9.91. The third kappa shape index (κ3) is 3.47. The van der Waals surface area contributed by atoms with Gasteiger partial charge in [0.25, 0.3) is 0 Å². The van der Waals surface area contributed by atoms with Crippen molar-refractivity contribution in [3.63, 3.8) is 0 Å². The fraction of sp³-hybridized carbons (Fsp3) is 0.222. The molecule has 2 atom stereocenters. The second kappa shape index (κ2) is 7.24. The monoisotopic (exact) mass is 396 g/mol. The van der Waals surface area contributed by atoms with Crippen LogP contribution in [0.15, 0.2) is 47.6 Å². The summed E-state index contributed by atoms with van der Waals surface area (Å²) in [6.07, 6.45) is 0. The molecule has 7 heteroatoms. The van der Waals surface area contributed by atoms with Crippen molar-refractivity contribution < 1.29 is 9.53 Å². The van der Waals surface area contributed by atoms with Crippen molar-refractivity contribution in [2.75, 3.05) is 12.1 Å². The second-order valence-corrected chi connectivity index (χ2v) is 6.98. The van der Waals surface area contributed by atoms with E-state index in [1.807, 2.05) is 19.1 Å². The van der Waals surface area contributed by atoms with Gasteiger partial charge in [0.05, 0.1) is 23.9 Å². The van der Waals surface area contributed by atoms with E-state index in [9.17, 15) is 4.79 Å². The smallest absolute Gasteiger partial charge is 0.354 e. The van der Waals surface area contributed by atoms with Gasteiger partial charge in [0, 0.05) is 16.0 Å². The number of ether oxygens (including phenoxy) is 1. The number of hydrazone groups is 1. The fourth-order valence-electron chi connectivity index (χ4n) is 2.92. The van der Waals surface area contributed by atoms with E-state index in [2.05, 4.69) is 5.10 Å². The van der Waals surface area contributed by atoms with Gasteiger partial charge in [0.15, 0.2) is 5.71 Å². The van der Waals surface area contributed by atoms with Crippen molar-refractivity contribution in [3.05, 3.63) is 63.1 Å². The van der Waals surface area contributed by atoms with Crippen LogP contribution in [0, 0.1) is 5.92 Å². The lowest BCUT2D eigenvalue weighted by Gasteiger charge is -2.27. The van der Waals surface area contributed by atoms with Gasteiger partial charge < -0.3 is 4.74 Å². The van der Waals surface area contributed by atoms with Crippen molar-refractivity contribution in [2.45, 2.75) is 13.0 Å². The minimum absolute atomic E-state index is 0.194. The van der Waals surface area contributed by atoms with Gasteiger partial charge in [0.2, 0.25) is 0 Å². The molecular formula is C18H15Cl3N2O2. The van der Waals surface area contributed by atoms with E-state index in [1.165, 1.54) is 7.11 Å². The largest absolute Gasteiger partial charge is 0.464 e. The Morgan fingerprint density at radius 3 is 2.32 bits per heavy atom. The van der Waals surface area contributed by atoms with Crippen molar-refractivity contribution in [3.8, 4) is 0 Å². The van der Waals surface area contributed by atoms with Crippen LogP contribution in [0.25, 0.3) is 0 Å². The molecular weight excluding hydrogens is 383 g/mol. The van der Waals surface area contributed by atoms with Gasteiger partial charge >= 0.3 is 5.97 Å². The number of hydrogen-bond acceptors (Lipinski definition) is 4. The normalized spacial score (nSPS) is 19.7. The number of carbonyl (C=O) groups excluding carboxylic acids is 1. The Morgan fingerprint density at radius 1 is 1.08 bits per heavy atom. The van der Waals surface area contributed by atoms with E-state index in [0.717, 1.165) is 5.56 Å². The lowest BCUT2D eigenvalue weighted by molar-refractivity contribution is -0.133.